The standard InChI is InChI=1S/C28H35N3O2/c1-19(2)24-14-13-20(3)15-26(24)33-27(32)18-31(25-12-7-6-9-21(25)4)28(30-5)23-11-8-10-22(16-23)17-29/h6-12,16,19-20,24,26H,13-15,18H2,1-5H3/t20-,24+,26-/m1/s1. The molecule has 1 aliphatic carbocycles. The molecule has 0 unspecified atom stereocenters. The predicted octanol–water partition coefficient (Wildman–Crippen LogP) is 5.75. The summed E-state index contributed by atoms with van der Waals surface area (Å²) in [4.78, 5) is 19.7. The summed E-state index contributed by atoms with van der Waals surface area (Å²) < 4.78 is 6.12. The molecular formula is C28H35N3O2. The summed E-state index contributed by atoms with van der Waals surface area (Å²) in [5.74, 6) is 1.82. The zero-order chi connectivity index (χ0) is 24.0. The van der Waals surface area contributed by atoms with E-state index in [4.69, 9.17) is 4.74 Å². The molecule has 5 nitrogen and oxygen atoms in total. The molecule has 2 aromatic rings. The third-order valence-electron chi connectivity index (χ3n) is 6.65. The van der Waals surface area contributed by atoms with Crippen molar-refractivity contribution in [1.82, 2.24) is 0 Å². The fourth-order valence-corrected chi connectivity index (χ4v) is 4.86. The van der Waals surface area contributed by atoms with Crippen LogP contribution in [-0.2, 0) is 9.53 Å². The Hall–Kier alpha value is -3.13. The minimum atomic E-state index is -0.249. The van der Waals surface area contributed by atoms with E-state index in [0.717, 1.165) is 29.7 Å². The summed E-state index contributed by atoms with van der Waals surface area (Å²) in [6.45, 7) is 8.74. The quantitative estimate of drug-likeness (QED) is 0.322. The predicted molar refractivity (Wildman–Crippen MR) is 133 cm³/mol. The second-order valence-corrected chi connectivity index (χ2v) is 9.47. The lowest BCUT2D eigenvalue weighted by atomic mass is 9.75. The van der Waals surface area contributed by atoms with Crippen LogP contribution in [0.5, 0.6) is 0 Å². The molecule has 0 amide bonds. The lowest BCUT2D eigenvalue weighted by molar-refractivity contribution is -0.154. The molecule has 33 heavy (non-hydrogen) atoms. The van der Waals surface area contributed by atoms with Crippen molar-refractivity contribution in [3.05, 3.63) is 65.2 Å². The number of amidine groups is 1. The van der Waals surface area contributed by atoms with Gasteiger partial charge in [0, 0.05) is 18.3 Å². The molecule has 0 saturated heterocycles. The third kappa shape index (κ3) is 6.01. The molecule has 1 saturated carbocycles. The third-order valence-corrected chi connectivity index (χ3v) is 6.65. The normalized spacial score (nSPS) is 20.9. The van der Waals surface area contributed by atoms with Crippen LogP contribution in [-0.4, -0.2) is 31.5 Å². The largest absolute Gasteiger partial charge is 0.461 e. The monoisotopic (exact) mass is 445 g/mol. The van der Waals surface area contributed by atoms with Gasteiger partial charge in [-0.05, 0) is 61.3 Å². The number of ether oxygens (including phenoxy) is 1. The van der Waals surface area contributed by atoms with Crippen LogP contribution in [0.15, 0.2) is 53.5 Å². The van der Waals surface area contributed by atoms with Gasteiger partial charge in [-0.2, -0.15) is 5.26 Å². The van der Waals surface area contributed by atoms with Crippen molar-refractivity contribution in [3.8, 4) is 6.07 Å². The molecule has 0 N–H and O–H groups in total. The lowest BCUT2D eigenvalue weighted by Crippen LogP contribution is -2.41. The van der Waals surface area contributed by atoms with Crippen molar-refractivity contribution < 1.29 is 9.53 Å². The van der Waals surface area contributed by atoms with Gasteiger partial charge in [0.1, 0.15) is 18.5 Å². The molecule has 3 rings (SSSR count). The molecular weight excluding hydrogens is 410 g/mol. The molecule has 1 fully saturated rings. The highest BCUT2D eigenvalue weighted by molar-refractivity contribution is 6.12. The minimum Gasteiger partial charge on any atom is -0.461 e. The second-order valence-electron chi connectivity index (χ2n) is 9.47. The highest BCUT2D eigenvalue weighted by atomic mass is 16.5. The van der Waals surface area contributed by atoms with Crippen LogP contribution in [0.25, 0.3) is 0 Å². The van der Waals surface area contributed by atoms with Crippen LogP contribution in [0.2, 0.25) is 0 Å². The number of rotatable bonds is 6. The molecule has 0 bridgehead atoms. The van der Waals surface area contributed by atoms with E-state index >= 15 is 0 Å². The van der Waals surface area contributed by atoms with E-state index < -0.39 is 0 Å². The maximum absolute atomic E-state index is 13.3. The lowest BCUT2D eigenvalue weighted by Gasteiger charge is -2.37. The van der Waals surface area contributed by atoms with Gasteiger partial charge in [0.25, 0.3) is 0 Å². The van der Waals surface area contributed by atoms with Gasteiger partial charge in [0.15, 0.2) is 0 Å². The van der Waals surface area contributed by atoms with E-state index in [-0.39, 0.29) is 18.6 Å². The Labute approximate surface area is 198 Å². The number of anilines is 1. The zero-order valence-electron chi connectivity index (χ0n) is 20.4. The number of nitrogens with zero attached hydrogens (tertiary/aromatic N) is 3. The number of carbonyl (C=O) groups is 1. The summed E-state index contributed by atoms with van der Waals surface area (Å²) in [5.41, 5.74) is 3.28. The van der Waals surface area contributed by atoms with Gasteiger partial charge < -0.3 is 9.64 Å². The fraction of sp³-hybridized carbons (Fsp3) is 0.464. The van der Waals surface area contributed by atoms with E-state index in [2.05, 4.69) is 31.8 Å². The highest BCUT2D eigenvalue weighted by Crippen LogP contribution is 2.35. The summed E-state index contributed by atoms with van der Waals surface area (Å²) in [6, 6.07) is 17.4. The molecule has 5 heteroatoms. The molecule has 0 aliphatic heterocycles. The summed E-state index contributed by atoms with van der Waals surface area (Å²) in [7, 11) is 1.71. The Morgan fingerprint density at radius 3 is 2.64 bits per heavy atom. The van der Waals surface area contributed by atoms with Gasteiger partial charge >= 0.3 is 5.97 Å². The first-order valence-electron chi connectivity index (χ1n) is 11.8. The number of aliphatic imine (C=N–C) groups is 1. The molecule has 0 radical (unpaired) electrons. The van der Waals surface area contributed by atoms with E-state index in [9.17, 15) is 10.1 Å². The minimum absolute atomic E-state index is 0.0519. The highest BCUT2D eigenvalue weighted by Gasteiger charge is 2.34. The van der Waals surface area contributed by atoms with Gasteiger partial charge in [-0.3, -0.25) is 9.79 Å². The summed E-state index contributed by atoms with van der Waals surface area (Å²) >= 11 is 0. The topological polar surface area (TPSA) is 65.7 Å². The first-order chi connectivity index (χ1) is 15.8. The molecule has 1 aliphatic rings. The van der Waals surface area contributed by atoms with Crippen LogP contribution < -0.4 is 4.90 Å². The number of carbonyl (C=O) groups excluding carboxylic acids is 1. The Morgan fingerprint density at radius 1 is 1.21 bits per heavy atom. The van der Waals surface area contributed by atoms with Gasteiger partial charge in [-0.1, -0.05) is 57.5 Å². The number of aryl methyl sites for hydroxylation is 1. The Balaban J connectivity index is 1.91. The van der Waals surface area contributed by atoms with Crippen molar-refractivity contribution in [2.75, 3.05) is 18.5 Å². The van der Waals surface area contributed by atoms with Gasteiger partial charge in [0.2, 0.25) is 0 Å². The van der Waals surface area contributed by atoms with E-state index in [1.54, 1.807) is 19.2 Å². The van der Waals surface area contributed by atoms with E-state index in [1.165, 1.54) is 6.42 Å². The van der Waals surface area contributed by atoms with Crippen molar-refractivity contribution in [3.63, 3.8) is 0 Å². The van der Waals surface area contributed by atoms with Gasteiger partial charge in [-0.25, -0.2) is 0 Å². The average Bonchev–Trinajstić information content (AvgIpc) is 2.79. The number of hydrogen-bond donors (Lipinski definition) is 0. The molecule has 2 aromatic carbocycles. The SMILES string of the molecule is CN=C(c1cccc(C#N)c1)N(CC(=O)O[C@@H]1C[C@H](C)CC[C@H]1C(C)C)c1ccccc1C. The molecule has 0 aromatic heterocycles. The summed E-state index contributed by atoms with van der Waals surface area (Å²) in [5, 5.41) is 9.36. The maximum atomic E-state index is 13.3. The Kier molecular flexibility index (Phi) is 8.27. The molecule has 174 valence electrons. The van der Waals surface area contributed by atoms with Crippen LogP contribution in [0.1, 0.15) is 56.7 Å². The fourth-order valence-electron chi connectivity index (χ4n) is 4.86. The van der Waals surface area contributed by atoms with Crippen LogP contribution >= 0.6 is 0 Å². The first-order valence-corrected chi connectivity index (χ1v) is 11.8. The van der Waals surface area contributed by atoms with Crippen LogP contribution in [0.3, 0.4) is 0 Å². The number of benzene rings is 2. The second kappa shape index (κ2) is 11.1. The van der Waals surface area contributed by atoms with Crippen molar-refractivity contribution >= 4 is 17.5 Å². The Bertz CT molecular complexity index is 1040. The van der Waals surface area contributed by atoms with Crippen molar-refractivity contribution in [2.24, 2.45) is 22.7 Å². The number of hydrogen-bond acceptors (Lipinski definition) is 4. The van der Waals surface area contributed by atoms with Gasteiger partial charge in [0.05, 0.1) is 11.6 Å². The zero-order valence-corrected chi connectivity index (χ0v) is 20.4. The number of para-hydroxylation sites is 1. The van der Waals surface area contributed by atoms with Gasteiger partial charge in [-0.15, -0.1) is 0 Å². The van der Waals surface area contributed by atoms with Crippen LogP contribution in [0.4, 0.5) is 5.69 Å². The number of esters is 1. The smallest absolute Gasteiger partial charge is 0.326 e. The maximum Gasteiger partial charge on any atom is 0.326 e. The summed E-state index contributed by atoms with van der Waals surface area (Å²) in [6.07, 6.45) is 3.15. The van der Waals surface area contributed by atoms with Crippen molar-refractivity contribution in [1.29, 1.82) is 5.26 Å². The van der Waals surface area contributed by atoms with E-state index in [0.29, 0.717) is 29.2 Å². The first kappa shape index (κ1) is 24.5. The molecule has 0 heterocycles. The van der Waals surface area contributed by atoms with Crippen molar-refractivity contribution in [2.45, 2.75) is 53.1 Å². The average molecular weight is 446 g/mol. The van der Waals surface area contributed by atoms with E-state index in [1.807, 2.05) is 48.2 Å². The van der Waals surface area contributed by atoms with Crippen LogP contribution in [0, 0.1) is 36.0 Å². The molecule has 0 spiro atoms. The number of nitriles is 1. The Morgan fingerprint density at radius 2 is 1.97 bits per heavy atom. The molecule has 3 atom stereocenters.